The second-order valence-corrected chi connectivity index (χ2v) is 6.25. The van der Waals surface area contributed by atoms with Crippen LogP contribution in [0.15, 0.2) is 39.8 Å². The lowest BCUT2D eigenvalue weighted by Gasteiger charge is -2.16. The molecule has 0 aliphatic heterocycles. The summed E-state index contributed by atoms with van der Waals surface area (Å²) in [4.78, 5) is 3.66. The molecular formula is C13H13N3O3S. The van der Waals surface area contributed by atoms with E-state index >= 15 is 0 Å². The van der Waals surface area contributed by atoms with Crippen LogP contribution in [0.5, 0.6) is 0 Å². The van der Waals surface area contributed by atoms with Gasteiger partial charge in [0.05, 0.1) is 6.54 Å². The van der Waals surface area contributed by atoms with Gasteiger partial charge in [-0.3, -0.25) is 0 Å². The van der Waals surface area contributed by atoms with Crippen LogP contribution in [0.2, 0.25) is 0 Å². The molecule has 6 nitrogen and oxygen atoms in total. The Morgan fingerprint density at radius 3 is 2.75 bits per heavy atom. The predicted octanol–water partition coefficient (Wildman–Crippen LogP) is 1.68. The monoisotopic (exact) mass is 291 g/mol. The Hall–Kier alpha value is -2.17. The molecule has 2 rings (SSSR count). The number of nitriles is 1. The van der Waals surface area contributed by atoms with E-state index in [1.54, 1.807) is 25.1 Å². The van der Waals surface area contributed by atoms with E-state index in [4.69, 9.17) is 9.68 Å². The number of sulfonamides is 1. The fourth-order valence-corrected chi connectivity index (χ4v) is 2.95. The molecule has 0 bridgehead atoms. The van der Waals surface area contributed by atoms with Gasteiger partial charge in [-0.25, -0.2) is 13.4 Å². The average Bonchev–Trinajstić information content (AvgIpc) is 2.84. The Kier molecular flexibility index (Phi) is 3.88. The van der Waals surface area contributed by atoms with Crippen LogP contribution in [0, 0.1) is 18.3 Å². The van der Waals surface area contributed by atoms with Crippen molar-refractivity contribution in [2.45, 2.75) is 18.4 Å². The van der Waals surface area contributed by atoms with Crippen LogP contribution in [-0.4, -0.2) is 24.8 Å². The zero-order valence-electron chi connectivity index (χ0n) is 11.1. The first-order chi connectivity index (χ1) is 9.45. The molecule has 0 fully saturated rings. The van der Waals surface area contributed by atoms with E-state index in [9.17, 15) is 8.42 Å². The van der Waals surface area contributed by atoms with Crippen molar-refractivity contribution in [3.8, 4) is 6.07 Å². The zero-order valence-corrected chi connectivity index (χ0v) is 11.9. The molecule has 0 saturated heterocycles. The van der Waals surface area contributed by atoms with Crippen molar-refractivity contribution in [1.29, 1.82) is 5.26 Å². The standard InChI is InChI=1S/C13H13N3O3S/c1-10-5-6-11(19-10)9-16(2)20(17,18)13-4-3-7-15-12(13)8-14/h3-7H,9H2,1-2H3. The van der Waals surface area contributed by atoms with E-state index in [1.165, 1.54) is 25.4 Å². The van der Waals surface area contributed by atoms with Crippen LogP contribution in [0.1, 0.15) is 17.2 Å². The maximum atomic E-state index is 12.4. The molecule has 0 aliphatic rings. The second-order valence-electron chi connectivity index (χ2n) is 4.24. The molecule has 0 spiro atoms. The fraction of sp³-hybridized carbons (Fsp3) is 0.231. The Morgan fingerprint density at radius 1 is 1.40 bits per heavy atom. The van der Waals surface area contributed by atoms with Gasteiger partial charge >= 0.3 is 0 Å². The molecule has 0 aromatic carbocycles. The first-order valence-corrected chi connectivity index (χ1v) is 7.26. The van der Waals surface area contributed by atoms with Crippen LogP contribution in [0.25, 0.3) is 0 Å². The largest absolute Gasteiger partial charge is 0.465 e. The third-order valence-electron chi connectivity index (χ3n) is 2.74. The van der Waals surface area contributed by atoms with E-state index < -0.39 is 10.0 Å². The molecule has 0 atom stereocenters. The summed E-state index contributed by atoms with van der Waals surface area (Å²) in [5.41, 5.74) is -0.116. The molecule has 0 amide bonds. The molecule has 104 valence electrons. The van der Waals surface area contributed by atoms with Gasteiger partial charge in [0.25, 0.3) is 0 Å². The van der Waals surface area contributed by atoms with Gasteiger partial charge in [-0.15, -0.1) is 0 Å². The molecule has 2 aromatic heterocycles. The lowest BCUT2D eigenvalue weighted by Crippen LogP contribution is -2.27. The molecule has 2 aromatic rings. The summed E-state index contributed by atoms with van der Waals surface area (Å²) in [6.07, 6.45) is 1.38. The predicted molar refractivity (Wildman–Crippen MR) is 71.0 cm³/mol. The van der Waals surface area contributed by atoms with E-state index in [0.717, 1.165) is 4.31 Å². The van der Waals surface area contributed by atoms with Crippen LogP contribution in [0.3, 0.4) is 0 Å². The van der Waals surface area contributed by atoms with Gasteiger partial charge in [0.1, 0.15) is 22.5 Å². The number of hydrogen-bond acceptors (Lipinski definition) is 5. The third-order valence-corrected chi connectivity index (χ3v) is 4.57. The molecule has 0 unspecified atom stereocenters. The Labute approximate surface area is 117 Å². The number of furan rings is 1. The maximum Gasteiger partial charge on any atom is 0.246 e. The normalized spacial score (nSPS) is 11.5. The molecule has 0 saturated carbocycles. The molecule has 7 heteroatoms. The van der Waals surface area contributed by atoms with Gasteiger partial charge in [-0.05, 0) is 31.2 Å². The quantitative estimate of drug-likeness (QED) is 0.855. The lowest BCUT2D eigenvalue weighted by molar-refractivity contribution is 0.397. The molecule has 2 heterocycles. The molecule has 0 radical (unpaired) electrons. The van der Waals surface area contributed by atoms with Crippen molar-refractivity contribution < 1.29 is 12.8 Å². The highest BCUT2D eigenvalue weighted by atomic mass is 32.2. The van der Waals surface area contributed by atoms with Crippen molar-refractivity contribution in [3.05, 3.63) is 47.7 Å². The number of aromatic nitrogens is 1. The number of pyridine rings is 1. The Bertz CT molecular complexity index is 759. The smallest absolute Gasteiger partial charge is 0.246 e. The number of hydrogen-bond donors (Lipinski definition) is 0. The van der Waals surface area contributed by atoms with Gasteiger partial charge in [0.2, 0.25) is 10.0 Å². The maximum absolute atomic E-state index is 12.4. The van der Waals surface area contributed by atoms with E-state index in [1.807, 2.05) is 0 Å². The molecule has 20 heavy (non-hydrogen) atoms. The third kappa shape index (κ3) is 2.71. The summed E-state index contributed by atoms with van der Waals surface area (Å²) in [5.74, 6) is 1.25. The van der Waals surface area contributed by atoms with E-state index in [-0.39, 0.29) is 17.1 Å². The summed E-state index contributed by atoms with van der Waals surface area (Å²) >= 11 is 0. The van der Waals surface area contributed by atoms with Crippen molar-refractivity contribution in [2.24, 2.45) is 0 Å². The Balaban J connectivity index is 2.32. The molecular weight excluding hydrogens is 278 g/mol. The first-order valence-electron chi connectivity index (χ1n) is 5.82. The summed E-state index contributed by atoms with van der Waals surface area (Å²) in [7, 11) is -2.35. The molecule has 0 aliphatic carbocycles. The van der Waals surface area contributed by atoms with Gasteiger partial charge in [0, 0.05) is 13.2 Å². The average molecular weight is 291 g/mol. The fourth-order valence-electron chi connectivity index (χ4n) is 1.73. The summed E-state index contributed by atoms with van der Waals surface area (Å²) in [6.45, 7) is 1.88. The van der Waals surface area contributed by atoms with E-state index in [2.05, 4.69) is 4.98 Å². The van der Waals surface area contributed by atoms with Gasteiger partial charge in [0.15, 0.2) is 5.69 Å². The molecule has 0 N–H and O–H groups in total. The van der Waals surface area contributed by atoms with Crippen molar-refractivity contribution in [3.63, 3.8) is 0 Å². The minimum Gasteiger partial charge on any atom is -0.465 e. The van der Waals surface area contributed by atoms with Crippen molar-refractivity contribution in [1.82, 2.24) is 9.29 Å². The highest BCUT2D eigenvalue weighted by Crippen LogP contribution is 2.19. The highest BCUT2D eigenvalue weighted by molar-refractivity contribution is 7.89. The zero-order chi connectivity index (χ0) is 14.8. The van der Waals surface area contributed by atoms with E-state index in [0.29, 0.717) is 11.5 Å². The minimum atomic E-state index is -3.78. The second kappa shape index (κ2) is 5.45. The summed E-state index contributed by atoms with van der Waals surface area (Å²) < 4.78 is 31.3. The Morgan fingerprint density at radius 2 is 2.15 bits per heavy atom. The topological polar surface area (TPSA) is 87.2 Å². The van der Waals surface area contributed by atoms with Gasteiger partial charge in [-0.1, -0.05) is 0 Å². The van der Waals surface area contributed by atoms with Gasteiger partial charge < -0.3 is 4.42 Å². The number of aryl methyl sites for hydroxylation is 1. The summed E-state index contributed by atoms with van der Waals surface area (Å²) in [5, 5.41) is 8.94. The lowest BCUT2D eigenvalue weighted by atomic mass is 10.4. The van der Waals surface area contributed by atoms with Crippen LogP contribution >= 0.6 is 0 Å². The SMILES string of the molecule is Cc1ccc(CN(C)S(=O)(=O)c2cccnc2C#N)o1. The highest BCUT2D eigenvalue weighted by Gasteiger charge is 2.25. The van der Waals surface area contributed by atoms with Gasteiger partial charge in [-0.2, -0.15) is 9.57 Å². The number of nitrogens with zero attached hydrogens (tertiary/aromatic N) is 3. The first kappa shape index (κ1) is 14.2. The minimum absolute atomic E-state index is 0.0932. The number of rotatable bonds is 4. The van der Waals surface area contributed by atoms with Crippen molar-refractivity contribution >= 4 is 10.0 Å². The van der Waals surface area contributed by atoms with Crippen LogP contribution in [0.4, 0.5) is 0 Å². The summed E-state index contributed by atoms with van der Waals surface area (Å²) in [6, 6.07) is 8.12. The van der Waals surface area contributed by atoms with Crippen molar-refractivity contribution in [2.75, 3.05) is 7.05 Å². The van der Waals surface area contributed by atoms with Crippen LogP contribution in [-0.2, 0) is 16.6 Å². The van der Waals surface area contributed by atoms with Crippen LogP contribution < -0.4 is 0 Å².